The number of aryl methyl sites for hydroxylation is 2. The molecule has 0 aromatic carbocycles. The maximum atomic E-state index is 8.83. The normalized spacial score (nSPS) is 12.4. The van der Waals surface area contributed by atoms with E-state index in [-0.39, 0.29) is 6.04 Å². The zero-order chi connectivity index (χ0) is 11.7. The Morgan fingerprint density at radius 1 is 1.44 bits per heavy atom. The second-order valence-electron chi connectivity index (χ2n) is 3.56. The van der Waals surface area contributed by atoms with Crippen molar-refractivity contribution in [2.45, 2.75) is 26.8 Å². The molecule has 0 bridgehead atoms. The van der Waals surface area contributed by atoms with Gasteiger partial charge in [-0.2, -0.15) is 10.4 Å². The van der Waals surface area contributed by atoms with Crippen LogP contribution in [0.25, 0.3) is 0 Å². The molecule has 0 aliphatic rings. The third kappa shape index (κ3) is 1.67. The Balaban J connectivity index is 2.34. The minimum Gasteiger partial charge on any atom is -0.423 e. The SMILES string of the molecule is Cc1nnc(C(C)n2cc(C#N)c(C)n2)o1. The summed E-state index contributed by atoms with van der Waals surface area (Å²) in [6.45, 7) is 5.42. The minimum absolute atomic E-state index is 0.165. The Morgan fingerprint density at radius 3 is 2.69 bits per heavy atom. The van der Waals surface area contributed by atoms with Crippen LogP contribution in [0.5, 0.6) is 0 Å². The molecule has 0 saturated carbocycles. The molecule has 2 aromatic rings. The summed E-state index contributed by atoms with van der Waals surface area (Å²) < 4.78 is 6.97. The van der Waals surface area contributed by atoms with Crippen LogP contribution in [0.1, 0.15) is 36.0 Å². The first-order valence-corrected chi connectivity index (χ1v) is 4.87. The quantitative estimate of drug-likeness (QED) is 0.758. The summed E-state index contributed by atoms with van der Waals surface area (Å²) in [5.41, 5.74) is 1.26. The van der Waals surface area contributed by atoms with Gasteiger partial charge in [-0.3, -0.25) is 4.68 Å². The van der Waals surface area contributed by atoms with Crippen LogP contribution in [0, 0.1) is 25.2 Å². The molecule has 1 unspecified atom stereocenters. The topological polar surface area (TPSA) is 80.5 Å². The van der Waals surface area contributed by atoms with Crippen LogP contribution in [0.15, 0.2) is 10.6 Å². The average Bonchev–Trinajstić information content (AvgIpc) is 2.83. The highest BCUT2D eigenvalue weighted by Gasteiger charge is 2.16. The molecule has 0 spiro atoms. The van der Waals surface area contributed by atoms with Gasteiger partial charge in [0.25, 0.3) is 0 Å². The molecule has 1 atom stereocenters. The van der Waals surface area contributed by atoms with Gasteiger partial charge in [0.05, 0.1) is 11.3 Å². The molecule has 6 heteroatoms. The second-order valence-corrected chi connectivity index (χ2v) is 3.56. The standard InChI is InChI=1S/C10H11N5O/c1-6-9(4-11)5-15(14-6)7(2)10-13-12-8(3)16-10/h5,7H,1-3H3. The van der Waals surface area contributed by atoms with Crippen LogP contribution < -0.4 is 0 Å². The highest BCUT2D eigenvalue weighted by molar-refractivity contribution is 5.30. The fourth-order valence-corrected chi connectivity index (χ4v) is 1.38. The number of rotatable bonds is 2. The van der Waals surface area contributed by atoms with Gasteiger partial charge in [0.2, 0.25) is 11.8 Å². The molecule has 2 rings (SSSR count). The smallest absolute Gasteiger partial charge is 0.240 e. The van der Waals surface area contributed by atoms with Gasteiger partial charge in [-0.15, -0.1) is 10.2 Å². The summed E-state index contributed by atoms with van der Waals surface area (Å²) >= 11 is 0. The van der Waals surface area contributed by atoms with E-state index in [1.54, 1.807) is 24.7 Å². The first-order valence-electron chi connectivity index (χ1n) is 4.87. The first-order chi connectivity index (χ1) is 7.61. The molecule has 0 aliphatic heterocycles. The highest BCUT2D eigenvalue weighted by Crippen LogP contribution is 2.17. The molecule has 6 nitrogen and oxygen atoms in total. The number of nitriles is 1. The van der Waals surface area contributed by atoms with Gasteiger partial charge in [-0.1, -0.05) is 0 Å². The van der Waals surface area contributed by atoms with Crippen LogP contribution in [0.3, 0.4) is 0 Å². The monoisotopic (exact) mass is 217 g/mol. The van der Waals surface area contributed by atoms with E-state index in [0.29, 0.717) is 23.0 Å². The van der Waals surface area contributed by atoms with Crippen molar-refractivity contribution < 1.29 is 4.42 Å². The number of nitrogens with zero attached hydrogens (tertiary/aromatic N) is 5. The molecule has 0 fully saturated rings. The maximum absolute atomic E-state index is 8.83. The molecule has 0 aliphatic carbocycles. The molecule has 2 aromatic heterocycles. The van der Waals surface area contributed by atoms with E-state index in [1.807, 2.05) is 6.92 Å². The number of hydrogen-bond acceptors (Lipinski definition) is 5. The largest absolute Gasteiger partial charge is 0.423 e. The van der Waals surface area contributed by atoms with E-state index in [0.717, 1.165) is 0 Å². The van der Waals surface area contributed by atoms with E-state index in [9.17, 15) is 0 Å². The van der Waals surface area contributed by atoms with Crippen molar-refractivity contribution in [3.05, 3.63) is 29.2 Å². The molecule has 0 saturated heterocycles. The van der Waals surface area contributed by atoms with Gasteiger partial charge in [0.1, 0.15) is 12.1 Å². The van der Waals surface area contributed by atoms with Crippen LogP contribution >= 0.6 is 0 Å². The Hall–Kier alpha value is -2.16. The van der Waals surface area contributed by atoms with Crippen LogP contribution in [0.4, 0.5) is 0 Å². The minimum atomic E-state index is -0.165. The lowest BCUT2D eigenvalue weighted by Gasteiger charge is -2.06. The predicted octanol–water partition coefficient (Wildman–Crippen LogP) is 1.36. The van der Waals surface area contributed by atoms with Crippen molar-refractivity contribution in [1.29, 1.82) is 5.26 Å². The number of aromatic nitrogens is 4. The van der Waals surface area contributed by atoms with E-state index in [1.165, 1.54) is 0 Å². The summed E-state index contributed by atoms with van der Waals surface area (Å²) in [7, 11) is 0. The van der Waals surface area contributed by atoms with E-state index in [2.05, 4.69) is 21.4 Å². The average molecular weight is 217 g/mol. The Morgan fingerprint density at radius 2 is 2.19 bits per heavy atom. The van der Waals surface area contributed by atoms with Gasteiger partial charge >= 0.3 is 0 Å². The molecular formula is C10H11N5O. The predicted molar refractivity (Wildman–Crippen MR) is 54.5 cm³/mol. The Kier molecular flexibility index (Phi) is 2.44. The van der Waals surface area contributed by atoms with Gasteiger partial charge in [0.15, 0.2) is 0 Å². The maximum Gasteiger partial charge on any atom is 0.240 e. The molecule has 2 heterocycles. The van der Waals surface area contributed by atoms with Gasteiger partial charge < -0.3 is 4.42 Å². The lowest BCUT2D eigenvalue weighted by atomic mass is 10.3. The fourth-order valence-electron chi connectivity index (χ4n) is 1.38. The molecule has 0 N–H and O–H groups in total. The summed E-state index contributed by atoms with van der Waals surface area (Å²) in [6.07, 6.45) is 1.68. The lowest BCUT2D eigenvalue weighted by molar-refractivity contribution is 0.396. The molecule has 0 radical (unpaired) electrons. The van der Waals surface area contributed by atoms with Crippen molar-refractivity contribution in [3.63, 3.8) is 0 Å². The summed E-state index contributed by atoms with van der Waals surface area (Å²) in [4.78, 5) is 0. The highest BCUT2D eigenvalue weighted by atomic mass is 16.4. The van der Waals surface area contributed by atoms with Crippen molar-refractivity contribution in [2.75, 3.05) is 0 Å². The fraction of sp³-hybridized carbons (Fsp3) is 0.400. The molecular weight excluding hydrogens is 206 g/mol. The zero-order valence-electron chi connectivity index (χ0n) is 9.30. The molecule has 0 amide bonds. The molecule has 82 valence electrons. The molecule has 16 heavy (non-hydrogen) atoms. The zero-order valence-corrected chi connectivity index (χ0v) is 9.30. The van der Waals surface area contributed by atoms with Gasteiger partial charge in [-0.05, 0) is 13.8 Å². The van der Waals surface area contributed by atoms with E-state index in [4.69, 9.17) is 9.68 Å². The van der Waals surface area contributed by atoms with Crippen molar-refractivity contribution in [1.82, 2.24) is 20.0 Å². The van der Waals surface area contributed by atoms with E-state index < -0.39 is 0 Å². The Labute approximate surface area is 92.5 Å². The van der Waals surface area contributed by atoms with Crippen LogP contribution in [0.2, 0.25) is 0 Å². The third-order valence-electron chi connectivity index (χ3n) is 2.33. The first kappa shape index (κ1) is 10.4. The van der Waals surface area contributed by atoms with Gasteiger partial charge in [-0.25, -0.2) is 0 Å². The van der Waals surface area contributed by atoms with Gasteiger partial charge in [0, 0.05) is 13.1 Å². The Bertz CT molecular complexity index is 548. The van der Waals surface area contributed by atoms with Crippen LogP contribution in [-0.2, 0) is 0 Å². The van der Waals surface area contributed by atoms with E-state index >= 15 is 0 Å². The van der Waals surface area contributed by atoms with Crippen molar-refractivity contribution in [2.24, 2.45) is 0 Å². The summed E-state index contributed by atoms with van der Waals surface area (Å²) in [5.74, 6) is 1.01. The van der Waals surface area contributed by atoms with Crippen molar-refractivity contribution in [3.8, 4) is 6.07 Å². The lowest BCUT2D eigenvalue weighted by Crippen LogP contribution is -2.07. The number of hydrogen-bond donors (Lipinski definition) is 0. The second kappa shape index (κ2) is 3.77. The van der Waals surface area contributed by atoms with Crippen LogP contribution in [-0.4, -0.2) is 20.0 Å². The van der Waals surface area contributed by atoms with Crippen molar-refractivity contribution >= 4 is 0 Å². The summed E-state index contributed by atoms with van der Waals surface area (Å²) in [6, 6.07) is 1.91. The summed E-state index contributed by atoms with van der Waals surface area (Å²) in [5, 5.41) is 20.8. The third-order valence-corrected chi connectivity index (χ3v) is 2.33.